The van der Waals surface area contributed by atoms with Gasteiger partial charge in [-0.15, -0.1) is 0 Å². The zero-order chi connectivity index (χ0) is 12.1. The van der Waals surface area contributed by atoms with Crippen LogP contribution in [0.1, 0.15) is 31.0 Å². The average molecular weight is 223 g/mol. The van der Waals surface area contributed by atoms with Gasteiger partial charge in [-0.2, -0.15) is 0 Å². The van der Waals surface area contributed by atoms with Crippen LogP contribution in [0.3, 0.4) is 0 Å². The van der Waals surface area contributed by atoms with Gasteiger partial charge in [0.1, 0.15) is 6.20 Å². The van der Waals surface area contributed by atoms with E-state index in [1.54, 1.807) is 6.07 Å². The SMILES string of the molecule is CCCC(N)Cc1ncc([N+](=O)[O-])cc1C. The number of hydrogen-bond acceptors (Lipinski definition) is 4. The topological polar surface area (TPSA) is 82.0 Å². The van der Waals surface area contributed by atoms with Crippen LogP contribution in [0.5, 0.6) is 0 Å². The molecule has 16 heavy (non-hydrogen) atoms. The lowest BCUT2D eigenvalue weighted by molar-refractivity contribution is -0.385. The van der Waals surface area contributed by atoms with Gasteiger partial charge in [0.15, 0.2) is 0 Å². The molecule has 0 aliphatic heterocycles. The Morgan fingerprint density at radius 2 is 2.31 bits per heavy atom. The first-order valence-electron chi connectivity index (χ1n) is 5.40. The number of nitrogens with zero attached hydrogens (tertiary/aromatic N) is 2. The molecule has 0 radical (unpaired) electrons. The molecule has 5 heteroatoms. The Morgan fingerprint density at radius 3 is 2.81 bits per heavy atom. The van der Waals surface area contributed by atoms with Crippen LogP contribution in [0.25, 0.3) is 0 Å². The second kappa shape index (κ2) is 5.55. The van der Waals surface area contributed by atoms with Gasteiger partial charge in [-0.3, -0.25) is 15.1 Å². The molecule has 0 saturated heterocycles. The summed E-state index contributed by atoms with van der Waals surface area (Å²) in [6.07, 6.45) is 3.95. The maximum atomic E-state index is 10.5. The van der Waals surface area contributed by atoms with E-state index in [4.69, 9.17) is 5.73 Å². The van der Waals surface area contributed by atoms with Gasteiger partial charge in [0.2, 0.25) is 0 Å². The fraction of sp³-hybridized carbons (Fsp3) is 0.545. The summed E-state index contributed by atoms with van der Waals surface area (Å²) < 4.78 is 0. The molecule has 1 unspecified atom stereocenters. The van der Waals surface area contributed by atoms with Crippen LogP contribution in [-0.4, -0.2) is 15.9 Å². The van der Waals surface area contributed by atoms with E-state index in [0.29, 0.717) is 6.42 Å². The van der Waals surface area contributed by atoms with Gasteiger partial charge < -0.3 is 5.73 Å². The fourth-order valence-electron chi connectivity index (χ4n) is 1.62. The van der Waals surface area contributed by atoms with Crippen LogP contribution in [0.15, 0.2) is 12.3 Å². The number of aryl methyl sites for hydroxylation is 1. The first-order chi connectivity index (χ1) is 7.54. The summed E-state index contributed by atoms with van der Waals surface area (Å²) in [6.45, 7) is 3.91. The summed E-state index contributed by atoms with van der Waals surface area (Å²) in [6, 6.07) is 1.62. The van der Waals surface area contributed by atoms with E-state index in [-0.39, 0.29) is 11.7 Å². The third-order valence-electron chi connectivity index (χ3n) is 2.50. The Hall–Kier alpha value is -1.49. The Kier molecular flexibility index (Phi) is 4.37. The predicted octanol–water partition coefficient (Wildman–Crippen LogP) is 1.97. The van der Waals surface area contributed by atoms with Crippen molar-refractivity contribution in [3.05, 3.63) is 33.6 Å². The largest absolute Gasteiger partial charge is 0.327 e. The van der Waals surface area contributed by atoms with Crippen molar-refractivity contribution in [3.63, 3.8) is 0 Å². The third kappa shape index (κ3) is 3.27. The molecule has 0 spiro atoms. The quantitative estimate of drug-likeness (QED) is 0.611. The molecule has 88 valence electrons. The molecule has 0 saturated carbocycles. The van der Waals surface area contributed by atoms with Gasteiger partial charge in [0, 0.05) is 24.2 Å². The van der Waals surface area contributed by atoms with Crippen LogP contribution in [-0.2, 0) is 6.42 Å². The van der Waals surface area contributed by atoms with E-state index in [9.17, 15) is 10.1 Å². The normalized spacial score (nSPS) is 12.4. The van der Waals surface area contributed by atoms with Gasteiger partial charge >= 0.3 is 0 Å². The van der Waals surface area contributed by atoms with E-state index < -0.39 is 4.92 Å². The van der Waals surface area contributed by atoms with Gasteiger partial charge in [-0.05, 0) is 18.9 Å². The Bertz CT molecular complexity index is 379. The monoisotopic (exact) mass is 223 g/mol. The van der Waals surface area contributed by atoms with Crippen molar-refractivity contribution in [2.45, 2.75) is 39.2 Å². The molecule has 0 fully saturated rings. The molecule has 1 heterocycles. The molecule has 0 aliphatic carbocycles. The van der Waals surface area contributed by atoms with Crippen LogP contribution < -0.4 is 5.73 Å². The highest BCUT2D eigenvalue weighted by Crippen LogP contribution is 2.15. The second-order valence-corrected chi connectivity index (χ2v) is 3.97. The predicted molar refractivity (Wildman–Crippen MR) is 62.2 cm³/mol. The first kappa shape index (κ1) is 12.6. The molecule has 1 aromatic heterocycles. The smallest absolute Gasteiger partial charge is 0.287 e. The van der Waals surface area contributed by atoms with E-state index in [2.05, 4.69) is 11.9 Å². The minimum absolute atomic E-state index is 0.0327. The second-order valence-electron chi connectivity index (χ2n) is 3.97. The van der Waals surface area contributed by atoms with Crippen molar-refractivity contribution in [1.82, 2.24) is 4.98 Å². The minimum Gasteiger partial charge on any atom is -0.327 e. The van der Waals surface area contributed by atoms with Gasteiger partial charge in [-0.1, -0.05) is 13.3 Å². The lowest BCUT2D eigenvalue weighted by atomic mass is 10.0. The van der Waals surface area contributed by atoms with Crippen molar-refractivity contribution < 1.29 is 4.92 Å². The van der Waals surface area contributed by atoms with Crippen LogP contribution in [0.2, 0.25) is 0 Å². The van der Waals surface area contributed by atoms with Crippen molar-refractivity contribution in [2.24, 2.45) is 5.73 Å². The van der Waals surface area contributed by atoms with Crippen molar-refractivity contribution in [2.75, 3.05) is 0 Å². The highest BCUT2D eigenvalue weighted by atomic mass is 16.6. The van der Waals surface area contributed by atoms with E-state index in [0.717, 1.165) is 24.1 Å². The molecule has 0 bridgehead atoms. The third-order valence-corrected chi connectivity index (χ3v) is 2.50. The summed E-state index contributed by atoms with van der Waals surface area (Å²) in [4.78, 5) is 14.2. The Labute approximate surface area is 94.8 Å². The lowest BCUT2D eigenvalue weighted by Gasteiger charge is -2.11. The molecule has 0 aliphatic rings. The lowest BCUT2D eigenvalue weighted by Crippen LogP contribution is -2.23. The standard InChI is InChI=1S/C11H17N3O2/c1-3-4-9(12)6-11-8(2)5-10(7-13-11)14(15)16/h5,7,9H,3-4,6,12H2,1-2H3. The van der Waals surface area contributed by atoms with Crippen LogP contribution in [0, 0.1) is 17.0 Å². The number of rotatable bonds is 5. The van der Waals surface area contributed by atoms with Gasteiger partial charge in [0.05, 0.1) is 4.92 Å². The molecular weight excluding hydrogens is 206 g/mol. The molecule has 2 N–H and O–H groups in total. The Morgan fingerprint density at radius 1 is 1.62 bits per heavy atom. The Balaban J connectivity index is 2.79. The number of pyridine rings is 1. The molecule has 1 rings (SSSR count). The minimum atomic E-state index is -0.435. The van der Waals surface area contributed by atoms with E-state index >= 15 is 0 Å². The number of nitro groups is 1. The summed E-state index contributed by atoms with van der Waals surface area (Å²) in [5.74, 6) is 0. The number of hydrogen-bond donors (Lipinski definition) is 1. The zero-order valence-electron chi connectivity index (χ0n) is 9.64. The van der Waals surface area contributed by atoms with Crippen molar-refractivity contribution in [1.29, 1.82) is 0 Å². The molecule has 1 aromatic rings. The van der Waals surface area contributed by atoms with Crippen LogP contribution in [0.4, 0.5) is 5.69 Å². The van der Waals surface area contributed by atoms with Crippen molar-refractivity contribution in [3.8, 4) is 0 Å². The molecule has 0 aromatic carbocycles. The first-order valence-corrected chi connectivity index (χ1v) is 5.40. The molecule has 1 atom stereocenters. The number of aromatic nitrogens is 1. The maximum absolute atomic E-state index is 10.5. The van der Waals surface area contributed by atoms with E-state index in [1.807, 2.05) is 6.92 Å². The zero-order valence-corrected chi connectivity index (χ0v) is 9.64. The van der Waals surface area contributed by atoms with Gasteiger partial charge in [0.25, 0.3) is 5.69 Å². The van der Waals surface area contributed by atoms with Crippen molar-refractivity contribution >= 4 is 5.69 Å². The highest BCUT2D eigenvalue weighted by Gasteiger charge is 2.11. The molecular formula is C11H17N3O2. The average Bonchev–Trinajstić information content (AvgIpc) is 2.21. The highest BCUT2D eigenvalue weighted by molar-refractivity contribution is 5.33. The van der Waals surface area contributed by atoms with Crippen LogP contribution >= 0.6 is 0 Å². The fourth-order valence-corrected chi connectivity index (χ4v) is 1.62. The summed E-state index contributed by atoms with van der Waals surface area (Å²) in [5, 5.41) is 10.5. The maximum Gasteiger partial charge on any atom is 0.287 e. The van der Waals surface area contributed by atoms with E-state index in [1.165, 1.54) is 6.20 Å². The summed E-state index contributed by atoms with van der Waals surface area (Å²) in [7, 11) is 0. The molecule has 5 nitrogen and oxygen atoms in total. The van der Waals surface area contributed by atoms with Gasteiger partial charge in [-0.25, -0.2) is 0 Å². The number of nitrogens with two attached hydrogens (primary N) is 1. The summed E-state index contributed by atoms with van der Waals surface area (Å²) >= 11 is 0. The molecule has 0 amide bonds. The summed E-state index contributed by atoms with van der Waals surface area (Å²) in [5.41, 5.74) is 7.63.